The van der Waals surface area contributed by atoms with Crippen LogP contribution in [0.3, 0.4) is 0 Å². The minimum atomic E-state index is 0.0450. The van der Waals surface area contributed by atoms with Crippen molar-refractivity contribution in [2.24, 2.45) is 0 Å². The van der Waals surface area contributed by atoms with E-state index in [0.717, 1.165) is 17.8 Å². The van der Waals surface area contributed by atoms with E-state index in [0.29, 0.717) is 6.04 Å². The number of benzene rings is 1. The van der Waals surface area contributed by atoms with E-state index in [2.05, 4.69) is 17.3 Å². The minimum absolute atomic E-state index is 0.0450. The van der Waals surface area contributed by atoms with Gasteiger partial charge in [-0.15, -0.1) is 0 Å². The Hall–Kier alpha value is -1.55. The fraction of sp³-hybridized carbons (Fsp3) is 0.562. The van der Waals surface area contributed by atoms with E-state index in [9.17, 15) is 4.79 Å². The van der Waals surface area contributed by atoms with Crippen LogP contribution >= 0.6 is 0 Å². The second-order valence-corrected chi connectivity index (χ2v) is 5.79. The smallest absolute Gasteiger partial charge is 0.253 e. The molecule has 2 rings (SSSR count). The van der Waals surface area contributed by atoms with E-state index < -0.39 is 0 Å². The summed E-state index contributed by atoms with van der Waals surface area (Å²) in [6.07, 6.45) is 3.90. The molecule has 0 bridgehead atoms. The summed E-state index contributed by atoms with van der Waals surface area (Å²) >= 11 is 0. The summed E-state index contributed by atoms with van der Waals surface area (Å²) in [6, 6.07) is 8.36. The van der Waals surface area contributed by atoms with Gasteiger partial charge in [-0.3, -0.25) is 4.79 Å². The number of hydrogen-bond acceptors (Lipinski definition) is 3. The molecule has 1 N–H and O–H groups in total. The maximum atomic E-state index is 11.8. The van der Waals surface area contributed by atoms with Gasteiger partial charge in [0.2, 0.25) is 0 Å². The van der Waals surface area contributed by atoms with Crippen molar-refractivity contribution in [2.75, 3.05) is 39.5 Å². The van der Waals surface area contributed by atoms with E-state index in [1.165, 1.54) is 25.8 Å². The van der Waals surface area contributed by atoms with Crippen molar-refractivity contribution in [1.82, 2.24) is 9.80 Å². The monoisotopic (exact) mass is 275 g/mol. The number of carbonyl (C=O) groups excluding carboxylic acids is 1. The van der Waals surface area contributed by atoms with E-state index in [-0.39, 0.29) is 5.91 Å². The van der Waals surface area contributed by atoms with Gasteiger partial charge in [-0.25, -0.2) is 0 Å². The SMILES string of the molecule is CN(C)C(=O)c1ccc(NCC2CCCCN2C)cc1. The second-order valence-electron chi connectivity index (χ2n) is 5.79. The first-order chi connectivity index (χ1) is 9.58. The molecule has 1 saturated heterocycles. The fourth-order valence-corrected chi connectivity index (χ4v) is 2.63. The Morgan fingerprint density at radius 3 is 2.60 bits per heavy atom. The van der Waals surface area contributed by atoms with Crippen LogP contribution in [0, 0.1) is 0 Å². The molecule has 4 nitrogen and oxygen atoms in total. The number of nitrogens with one attached hydrogen (secondary N) is 1. The molecule has 1 aliphatic rings. The Balaban J connectivity index is 1.89. The van der Waals surface area contributed by atoms with Gasteiger partial charge in [0, 0.05) is 37.9 Å². The summed E-state index contributed by atoms with van der Waals surface area (Å²) in [5.41, 5.74) is 1.81. The van der Waals surface area contributed by atoms with Crippen molar-refractivity contribution in [3.8, 4) is 0 Å². The molecule has 20 heavy (non-hydrogen) atoms. The fourth-order valence-electron chi connectivity index (χ4n) is 2.63. The molecule has 0 radical (unpaired) electrons. The van der Waals surface area contributed by atoms with Crippen molar-refractivity contribution in [2.45, 2.75) is 25.3 Å². The number of rotatable bonds is 4. The summed E-state index contributed by atoms with van der Waals surface area (Å²) in [7, 11) is 5.74. The average molecular weight is 275 g/mol. The molecule has 1 atom stereocenters. The van der Waals surface area contributed by atoms with E-state index >= 15 is 0 Å². The highest BCUT2D eigenvalue weighted by atomic mass is 16.2. The van der Waals surface area contributed by atoms with E-state index in [4.69, 9.17) is 0 Å². The molecule has 1 aliphatic heterocycles. The van der Waals surface area contributed by atoms with Gasteiger partial charge in [-0.05, 0) is 50.7 Å². The molecule has 1 heterocycles. The van der Waals surface area contributed by atoms with Crippen molar-refractivity contribution >= 4 is 11.6 Å². The van der Waals surface area contributed by atoms with Crippen LogP contribution in [0.2, 0.25) is 0 Å². The Bertz CT molecular complexity index is 442. The second kappa shape index (κ2) is 6.75. The Labute approximate surface area is 121 Å². The Kier molecular flexibility index (Phi) is 5.01. The number of anilines is 1. The number of nitrogens with zero attached hydrogens (tertiary/aromatic N) is 2. The van der Waals surface area contributed by atoms with Gasteiger partial charge in [0.25, 0.3) is 5.91 Å². The predicted octanol–water partition coefficient (Wildman–Crippen LogP) is 2.28. The minimum Gasteiger partial charge on any atom is -0.383 e. The summed E-state index contributed by atoms with van der Waals surface area (Å²) in [5, 5.41) is 3.47. The van der Waals surface area contributed by atoms with Gasteiger partial charge in [0.15, 0.2) is 0 Å². The topological polar surface area (TPSA) is 35.6 Å². The number of likely N-dealkylation sites (tertiary alicyclic amines) is 1. The van der Waals surface area contributed by atoms with Gasteiger partial charge in [-0.1, -0.05) is 6.42 Å². The highest BCUT2D eigenvalue weighted by Crippen LogP contribution is 2.16. The molecule has 0 saturated carbocycles. The predicted molar refractivity (Wildman–Crippen MR) is 83.2 cm³/mol. The van der Waals surface area contributed by atoms with Gasteiger partial charge < -0.3 is 15.1 Å². The van der Waals surface area contributed by atoms with Crippen LogP contribution < -0.4 is 5.32 Å². The van der Waals surface area contributed by atoms with E-state index in [1.54, 1.807) is 19.0 Å². The number of carbonyl (C=O) groups is 1. The molecule has 1 aromatic carbocycles. The zero-order valence-electron chi connectivity index (χ0n) is 12.7. The first-order valence-corrected chi connectivity index (χ1v) is 7.34. The molecular weight excluding hydrogens is 250 g/mol. The zero-order chi connectivity index (χ0) is 14.5. The van der Waals surface area contributed by atoms with Crippen molar-refractivity contribution < 1.29 is 4.79 Å². The average Bonchev–Trinajstić information content (AvgIpc) is 2.46. The lowest BCUT2D eigenvalue weighted by atomic mass is 10.0. The Morgan fingerprint density at radius 2 is 2.00 bits per heavy atom. The third-order valence-corrected chi connectivity index (χ3v) is 4.00. The first-order valence-electron chi connectivity index (χ1n) is 7.34. The number of piperidine rings is 1. The molecule has 110 valence electrons. The standard InChI is InChI=1S/C16H25N3O/c1-18(2)16(20)13-7-9-14(10-8-13)17-12-15-6-4-5-11-19(15)3/h7-10,15,17H,4-6,11-12H2,1-3H3. The maximum Gasteiger partial charge on any atom is 0.253 e. The summed E-state index contributed by atoms with van der Waals surface area (Å²) in [6.45, 7) is 2.17. The molecule has 1 aromatic rings. The molecule has 1 amide bonds. The quantitative estimate of drug-likeness (QED) is 0.915. The van der Waals surface area contributed by atoms with Crippen LogP contribution in [-0.4, -0.2) is 56.0 Å². The van der Waals surface area contributed by atoms with Crippen LogP contribution in [0.5, 0.6) is 0 Å². The third-order valence-electron chi connectivity index (χ3n) is 4.00. The summed E-state index contributed by atoms with van der Waals surface area (Å²) in [4.78, 5) is 15.8. The first kappa shape index (κ1) is 14.9. The number of amides is 1. The van der Waals surface area contributed by atoms with Gasteiger partial charge in [0.05, 0.1) is 0 Å². The molecule has 4 heteroatoms. The highest BCUT2D eigenvalue weighted by molar-refractivity contribution is 5.94. The number of likely N-dealkylation sites (N-methyl/N-ethyl adjacent to an activating group) is 1. The van der Waals surface area contributed by atoms with Gasteiger partial charge in [-0.2, -0.15) is 0 Å². The zero-order valence-corrected chi connectivity index (χ0v) is 12.7. The van der Waals surface area contributed by atoms with Crippen LogP contribution in [0.25, 0.3) is 0 Å². The normalized spacial score (nSPS) is 19.6. The van der Waals surface area contributed by atoms with Crippen LogP contribution in [0.15, 0.2) is 24.3 Å². The maximum absolute atomic E-state index is 11.8. The molecule has 1 unspecified atom stereocenters. The van der Waals surface area contributed by atoms with Gasteiger partial charge in [0.1, 0.15) is 0 Å². The molecule has 0 spiro atoms. The molecule has 0 aromatic heterocycles. The molecule has 1 fully saturated rings. The lowest BCUT2D eigenvalue weighted by Gasteiger charge is -2.32. The highest BCUT2D eigenvalue weighted by Gasteiger charge is 2.18. The van der Waals surface area contributed by atoms with E-state index in [1.807, 2.05) is 24.3 Å². The lowest BCUT2D eigenvalue weighted by Crippen LogP contribution is -2.40. The van der Waals surface area contributed by atoms with Gasteiger partial charge >= 0.3 is 0 Å². The van der Waals surface area contributed by atoms with Crippen molar-refractivity contribution in [3.05, 3.63) is 29.8 Å². The molecule has 0 aliphatic carbocycles. The molecular formula is C16H25N3O. The van der Waals surface area contributed by atoms with Crippen LogP contribution in [0.4, 0.5) is 5.69 Å². The van der Waals surface area contributed by atoms with Crippen molar-refractivity contribution in [3.63, 3.8) is 0 Å². The summed E-state index contributed by atoms with van der Waals surface area (Å²) < 4.78 is 0. The van der Waals surface area contributed by atoms with Crippen molar-refractivity contribution in [1.29, 1.82) is 0 Å². The Morgan fingerprint density at radius 1 is 1.30 bits per heavy atom. The largest absolute Gasteiger partial charge is 0.383 e. The lowest BCUT2D eigenvalue weighted by molar-refractivity contribution is 0.0827. The third kappa shape index (κ3) is 3.73. The summed E-state index contributed by atoms with van der Waals surface area (Å²) in [5.74, 6) is 0.0450. The van der Waals surface area contributed by atoms with Crippen LogP contribution in [0.1, 0.15) is 29.6 Å². The van der Waals surface area contributed by atoms with Crippen LogP contribution in [-0.2, 0) is 0 Å². The number of hydrogen-bond donors (Lipinski definition) is 1.